The highest BCUT2D eigenvalue weighted by atomic mass is 16.6. The van der Waals surface area contributed by atoms with Crippen molar-refractivity contribution in [1.29, 1.82) is 5.26 Å². The SMILES string of the molecule is CCC(C#N)NC(=O)c1ccc([N+](=O)[O-])c(OC)c1. The second kappa shape index (κ2) is 6.35. The van der Waals surface area contributed by atoms with Crippen LogP contribution >= 0.6 is 0 Å². The van der Waals surface area contributed by atoms with Crippen LogP contribution in [0.25, 0.3) is 0 Å². The van der Waals surface area contributed by atoms with Crippen LogP contribution in [0.2, 0.25) is 0 Å². The van der Waals surface area contributed by atoms with Gasteiger partial charge in [0, 0.05) is 17.7 Å². The second-order valence-corrected chi connectivity index (χ2v) is 3.71. The van der Waals surface area contributed by atoms with Crippen molar-refractivity contribution in [1.82, 2.24) is 5.32 Å². The van der Waals surface area contributed by atoms with E-state index in [0.717, 1.165) is 0 Å². The molecule has 100 valence electrons. The summed E-state index contributed by atoms with van der Waals surface area (Å²) >= 11 is 0. The molecule has 0 fully saturated rings. The highest BCUT2D eigenvalue weighted by Gasteiger charge is 2.18. The number of carbonyl (C=O) groups is 1. The van der Waals surface area contributed by atoms with Crippen molar-refractivity contribution in [3.63, 3.8) is 0 Å². The van der Waals surface area contributed by atoms with Crippen LogP contribution < -0.4 is 10.1 Å². The molecule has 1 rings (SSSR count). The van der Waals surface area contributed by atoms with Crippen LogP contribution in [0.3, 0.4) is 0 Å². The lowest BCUT2D eigenvalue weighted by molar-refractivity contribution is -0.385. The Bertz CT molecular complexity index is 536. The monoisotopic (exact) mass is 263 g/mol. The maximum absolute atomic E-state index is 11.8. The molecule has 0 aliphatic heterocycles. The number of nitriles is 1. The van der Waals surface area contributed by atoms with Gasteiger partial charge in [0.2, 0.25) is 0 Å². The van der Waals surface area contributed by atoms with Crippen LogP contribution in [0.1, 0.15) is 23.7 Å². The zero-order valence-corrected chi connectivity index (χ0v) is 10.5. The number of nitro groups is 1. The quantitative estimate of drug-likeness (QED) is 0.642. The summed E-state index contributed by atoms with van der Waals surface area (Å²) in [6.07, 6.45) is 0.479. The largest absolute Gasteiger partial charge is 0.490 e. The van der Waals surface area contributed by atoms with E-state index >= 15 is 0 Å². The lowest BCUT2D eigenvalue weighted by Crippen LogP contribution is -2.33. The average Bonchev–Trinajstić information content (AvgIpc) is 2.43. The molecule has 7 nitrogen and oxygen atoms in total. The highest BCUT2D eigenvalue weighted by Crippen LogP contribution is 2.27. The number of hydrogen-bond acceptors (Lipinski definition) is 5. The molecule has 0 aliphatic rings. The summed E-state index contributed by atoms with van der Waals surface area (Å²) in [5.41, 5.74) is -0.0116. The molecular weight excluding hydrogens is 250 g/mol. The summed E-state index contributed by atoms with van der Waals surface area (Å²) in [6, 6.07) is 5.14. The van der Waals surface area contributed by atoms with Crippen molar-refractivity contribution >= 4 is 11.6 Å². The first kappa shape index (κ1) is 14.4. The lowest BCUT2D eigenvalue weighted by atomic mass is 10.1. The first-order chi connectivity index (χ1) is 9.03. The van der Waals surface area contributed by atoms with Gasteiger partial charge in [0.1, 0.15) is 6.04 Å². The summed E-state index contributed by atoms with van der Waals surface area (Å²) in [6.45, 7) is 1.77. The van der Waals surface area contributed by atoms with Crippen LogP contribution in [-0.4, -0.2) is 24.0 Å². The minimum absolute atomic E-state index is 0.00246. The van der Waals surface area contributed by atoms with E-state index in [2.05, 4.69) is 5.32 Å². The Morgan fingerprint density at radius 3 is 2.79 bits per heavy atom. The zero-order valence-electron chi connectivity index (χ0n) is 10.5. The summed E-state index contributed by atoms with van der Waals surface area (Å²) in [5.74, 6) is -0.468. The highest BCUT2D eigenvalue weighted by molar-refractivity contribution is 5.95. The van der Waals surface area contributed by atoms with E-state index in [0.29, 0.717) is 6.42 Å². The fourth-order valence-corrected chi connectivity index (χ4v) is 1.44. The van der Waals surface area contributed by atoms with Gasteiger partial charge in [-0.2, -0.15) is 5.26 Å². The molecule has 1 aromatic carbocycles. The standard InChI is InChI=1S/C12H13N3O4/c1-3-9(7-13)14-12(16)8-4-5-10(15(17)18)11(6-8)19-2/h4-6,9H,3H2,1-2H3,(H,14,16). The summed E-state index contributed by atoms with van der Waals surface area (Å²) in [5, 5.41) is 22.0. The van der Waals surface area contributed by atoms with Gasteiger partial charge in [-0.3, -0.25) is 14.9 Å². The summed E-state index contributed by atoms with van der Waals surface area (Å²) in [4.78, 5) is 22.0. The van der Waals surface area contributed by atoms with Crippen molar-refractivity contribution in [2.24, 2.45) is 0 Å². The summed E-state index contributed by atoms with van der Waals surface area (Å²) < 4.78 is 4.87. The van der Waals surface area contributed by atoms with Gasteiger partial charge in [0.25, 0.3) is 5.91 Å². The predicted molar refractivity (Wildman–Crippen MR) is 66.8 cm³/mol. The van der Waals surface area contributed by atoms with E-state index in [1.165, 1.54) is 25.3 Å². The van der Waals surface area contributed by atoms with Crippen LogP contribution in [-0.2, 0) is 0 Å². The molecule has 0 aliphatic carbocycles. The van der Waals surface area contributed by atoms with Gasteiger partial charge in [-0.1, -0.05) is 6.92 Å². The maximum Gasteiger partial charge on any atom is 0.310 e. The molecule has 0 bridgehead atoms. The van der Waals surface area contributed by atoms with Gasteiger partial charge in [-0.25, -0.2) is 0 Å². The van der Waals surface area contributed by atoms with Crippen LogP contribution in [0.5, 0.6) is 5.75 Å². The van der Waals surface area contributed by atoms with E-state index in [4.69, 9.17) is 10.00 Å². The Morgan fingerprint density at radius 2 is 2.32 bits per heavy atom. The normalized spacial score (nSPS) is 11.2. The fourth-order valence-electron chi connectivity index (χ4n) is 1.44. The molecule has 1 amide bonds. The second-order valence-electron chi connectivity index (χ2n) is 3.71. The van der Waals surface area contributed by atoms with Gasteiger partial charge in [0.05, 0.1) is 18.1 Å². The topological polar surface area (TPSA) is 105 Å². The fraction of sp³-hybridized carbons (Fsp3) is 0.333. The molecule has 0 radical (unpaired) electrons. The third kappa shape index (κ3) is 3.42. The number of nitrogens with one attached hydrogen (secondary N) is 1. The number of carbonyl (C=O) groups excluding carboxylic acids is 1. The van der Waals surface area contributed by atoms with E-state index < -0.39 is 16.9 Å². The number of amides is 1. The first-order valence-corrected chi connectivity index (χ1v) is 5.56. The minimum atomic E-state index is -0.593. The van der Waals surface area contributed by atoms with Gasteiger partial charge < -0.3 is 10.1 Å². The van der Waals surface area contributed by atoms with E-state index in [1.807, 2.05) is 6.07 Å². The first-order valence-electron chi connectivity index (χ1n) is 5.56. The van der Waals surface area contributed by atoms with Gasteiger partial charge >= 0.3 is 5.69 Å². The molecule has 1 unspecified atom stereocenters. The van der Waals surface area contributed by atoms with Crippen molar-refractivity contribution in [3.05, 3.63) is 33.9 Å². The molecule has 0 saturated heterocycles. The molecule has 0 heterocycles. The molecule has 0 saturated carbocycles. The van der Waals surface area contributed by atoms with E-state index in [-0.39, 0.29) is 17.0 Å². The lowest BCUT2D eigenvalue weighted by Gasteiger charge is -2.10. The number of methoxy groups -OCH3 is 1. The number of hydrogen-bond donors (Lipinski definition) is 1. The number of nitro benzene ring substituents is 1. The number of benzene rings is 1. The van der Waals surface area contributed by atoms with Crippen LogP contribution in [0.15, 0.2) is 18.2 Å². The zero-order chi connectivity index (χ0) is 14.4. The third-order valence-electron chi connectivity index (χ3n) is 2.51. The molecule has 1 atom stereocenters. The molecule has 0 spiro atoms. The van der Waals surface area contributed by atoms with Gasteiger partial charge in [-0.05, 0) is 12.5 Å². The Morgan fingerprint density at radius 1 is 1.63 bits per heavy atom. The average molecular weight is 263 g/mol. The predicted octanol–water partition coefficient (Wildman–Crippen LogP) is 1.64. The van der Waals surface area contributed by atoms with Crippen molar-refractivity contribution < 1.29 is 14.5 Å². The Balaban J connectivity index is 3.00. The number of rotatable bonds is 5. The minimum Gasteiger partial charge on any atom is -0.490 e. The van der Waals surface area contributed by atoms with Crippen molar-refractivity contribution in [2.75, 3.05) is 7.11 Å². The molecule has 19 heavy (non-hydrogen) atoms. The van der Waals surface area contributed by atoms with E-state index in [9.17, 15) is 14.9 Å². The molecule has 1 N–H and O–H groups in total. The molecule has 1 aromatic rings. The Kier molecular flexibility index (Phi) is 4.83. The van der Waals surface area contributed by atoms with Crippen molar-refractivity contribution in [2.45, 2.75) is 19.4 Å². The number of nitrogens with zero attached hydrogens (tertiary/aromatic N) is 2. The van der Waals surface area contributed by atoms with Crippen molar-refractivity contribution in [3.8, 4) is 11.8 Å². The van der Waals surface area contributed by atoms with Crippen LogP contribution in [0, 0.1) is 21.4 Å². The van der Waals surface area contributed by atoms with Gasteiger partial charge in [0.15, 0.2) is 5.75 Å². The third-order valence-corrected chi connectivity index (χ3v) is 2.51. The molecule has 7 heteroatoms. The van der Waals surface area contributed by atoms with Crippen LogP contribution in [0.4, 0.5) is 5.69 Å². The Labute approximate surface area is 109 Å². The Hall–Kier alpha value is -2.62. The summed E-state index contributed by atoms with van der Waals surface area (Å²) in [7, 11) is 1.29. The number of ether oxygens (including phenoxy) is 1. The molecular formula is C12H13N3O4. The maximum atomic E-state index is 11.8. The van der Waals surface area contributed by atoms with E-state index in [1.54, 1.807) is 6.92 Å². The van der Waals surface area contributed by atoms with Gasteiger partial charge in [-0.15, -0.1) is 0 Å². The molecule has 0 aromatic heterocycles. The smallest absolute Gasteiger partial charge is 0.310 e.